The van der Waals surface area contributed by atoms with E-state index in [9.17, 15) is 9.90 Å². The SMILES string of the molecule is Cc1cccc(-c2cn(C3CC(CN)C3)nc2C(=O)O)n1. The van der Waals surface area contributed by atoms with E-state index < -0.39 is 5.97 Å². The lowest BCUT2D eigenvalue weighted by molar-refractivity contribution is 0.0688. The van der Waals surface area contributed by atoms with Crippen molar-refractivity contribution in [2.24, 2.45) is 11.7 Å². The molecule has 21 heavy (non-hydrogen) atoms. The first-order valence-electron chi connectivity index (χ1n) is 7.05. The molecule has 1 saturated carbocycles. The average molecular weight is 286 g/mol. The van der Waals surface area contributed by atoms with Gasteiger partial charge in [0.05, 0.1) is 17.3 Å². The number of carboxylic acid groups (broad SMARTS) is 1. The van der Waals surface area contributed by atoms with Crippen molar-refractivity contribution in [2.75, 3.05) is 6.54 Å². The van der Waals surface area contributed by atoms with Gasteiger partial charge in [0.25, 0.3) is 0 Å². The van der Waals surface area contributed by atoms with E-state index in [2.05, 4.69) is 10.1 Å². The summed E-state index contributed by atoms with van der Waals surface area (Å²) in [5, 5.41) is 13.6. The van der Waals surface area contributed by atoms with Crippen LogP contribution in [0.5, 0.6) is 0 Å². The van der Waals surface area contributed by atoms with Gasteiger partial charge in [-0.3, -0.25) is 9.67 Å². The highest BCUT2D eigenvalue weighted by Gasteiger charge is 2.31. The molecule has 6 nitrogen and oxygen atoms in total. The summed E-state index contributed by atoms with van der Waals surface area (Å²) in [5.41, 5.74) is 7.76. The molecule has 0 radical (unpaired) electrons. The van der Waals surface area contributed by atoms with Crippen LogP contribution in [0, 0.1) is 12.8 Å². The van der Waals surface area contributed by atoms with Crippen LogP contribution in [0.25, 0.3) is 11.3 Å². The molecule has 110 valence electrons. The van der Waals surface area contributed by atoms with Crippen molar-refractivity contribution >= 4 is 5.97 Å². The van der Waals surface area contributed by atoms with E-state index in [0.717, 1.165) is 18.5 Å². The monoisotopic (exact) mass is 286 g/mol. The molecule has 2 aromatic heterocycles. The molecular formula is C15H18N4O2. The fourth-order valence-corrected chi connectivity index (χ4v) is 2.73. The first-order chi connectivity index (χ1) is 10.1. The summed E-state index contributed by atoms with van der Waals surface area (Å²) in [6, 6.07) is 5.81. The van der Waals surface area contributed by atoms with Crippen molar-refractivity contribution in [1.82, 2.24) is 14.8 Å². The Morgan fingerprint density at radius 1 is 1.48 bits per heavy atom. The number of aromatic nitrogens is 3. The number of carbonyl (C=O) groups is 1. The van der Waals surface area contributed by atoms with Crippen LogP contribution in [0.3, 0.4) is 0 Å². The van der Waals surface area contributed by atoms with Gasteiger partial charge >= 0.3 is 5.97 Å². The van der Waals surface area contributed by atoms with Gasteiger partial charge in [-0.2, -0.15) is 5.10 Å². The molecule has 1 aliphatic rings. The minimum atomic E-state index is -1.03. The maximum Gasteiger partial charge on any atom is 0.357 e. The van der Waals surface area contributed by atoms with E-state index in [1.54, 1.807) is 10.9 Å². The van der Waals surface area contributed by atoms with Gasteiger partial charge in [0.1, 0.15) is 0 Å². The van der Waals surface area contributed by atoms with Gasteiger partial charge in [0, 0.05) is 11.9 Å². The smallest absolute Gasteiger partial charge is 0.357 e. The van der Waals surface area contributed by atoms with Crippen molar-refractivity contribution < 1.29 is 9.90 Å². The standard InChI is InChI=1S/C15H18N4O2/c1-9-3-2-4-13(17-9)12-8-19(18-14(12)15(20)21)11-5-10(6-11)7-16/h2-4,8,10-11H,5-7,16H2,1H3,(H,20,21). The predicted molar refractivity (Wildman–Crippen MR) is 78.0 cm³/mol. The minimum Gasteiger partial charge on any atom is -0.476 e. The zero-order chi connectivity index (χ0) is 15.0. The number of hydrogen-bond donors (Lipinski definition) is 2. The summed E-state index contributed by atoms with van der Waals surface area (Å²) in [6.45, 7) is 2.56. The molecule has 2 heterocycles. The van der Waals surface area contributed by atoms with Gasteiger partial charge in [-0.05, 0) is 44.4 Å². The van der Waals surface area contributed by atoms with Gasteiger partial charge in [0.2, 0.25) is 0 Å². The predicted octanol–water partition coefficient (Wildman–Crippen LogP) is 1.86. The summed E-state index contributed by atoms with van der Waals surface area (Å²) < 4.78 is 1.76. The van der Waals surface area contributed by atoms with E-state index in [0.29, 0.717) is 23.7 Å². The van der Waals surface area contributed by atoms with Crippen LogP contribution >= 0.6 is 0 Å². The normalized spacial score (nSPS) is 21.0. The first-order valence-corrected chi connectivity index (χ1v) is 7.05. The summed E-state index contributed by atoms with van der Waals surface area (Å²) >= 11 is 0. The largest absolute Gasteiger partial charge is 0.476 e. The molecule has 3 rings (SSSR count). The molecule has 0 amide bonds. The number of nitrogens with two attached hydrogens (primary N) is 1. The lowest BCUT2D eigenvalue weighted by atomic mass is 9.80. The van der Waals surface area contributed by atoms with Crippen molar-refractivity contribution in [1.29, 1.82) is 0 Å². The molecule has 0 aromatic carbocycles. The van der Waals surface area contributed by atoms with Crippen molar-refractivity contribution in [3.63, 3.8) is 0 Å². The van der Waals surface area contributed by atoms with Crippen LogP contribution in [0.2, 0.25) is 0 Å². The molecular weight excluding hydrogens is 268 g/mol. The fourth-order valence-electron chi connectivity index (χ4n) is 2.73. The molecule has 0 atom stereocenters. The van der Waals surface area contributed by atoms with E-state index in [1.807, 2.05) is 25.1 Å². The number of pyridine rings is 1. The van der Waals surface area contributed by atoms with Gasteiger partial charge in [0.15, 0.2) is 5.69 Å². The first kappa shape index (κ1) is 13.8. The molecule has 0 spiro atoms. The van der Waals surface area contributed by atoms with Crippen molar-refractivity contribution in [3.05, 3.63) is 35.8 Å². The maximum absolute atomic E-state index is 11.4. The Hall–Kier alpha value is -2.21. The Kier molecular flexibility index (Phi) is 3.47. The second-order valence-electron chi connectivity index (χ2n) is 5.57. The third-order valence-corrected chi connectivity index (χ3v) is 4.02. The van der Waals surface area contributed by atoms with E-state index in [4.69, 9.17) is 5.73 Å². The highest BCUT2D eigenvalue weighted by Crippen LogP contribution is 2.37. The van der Waals surface area contributed by atoms with Gasteiger partial charge in [-0.15, -0.1) is 0 Å². The molecule has 6 heteroatoms. The second-order valence-corrected chi connectivity index (χ2v) is 5.57. The topological polar surface area (TPSA) is 94.0 Å². The zero-order valence-electron chi connectivity index (χ0n) is 11.9. The van der Waals surface area contributed by atoms with Gasteiger partial charge in [-0.1, -0.05) is 6.07 Å². The molecule has 3 N–H and O–H groups in total. The average Bonchev–Trinajstić information content (AvgIpc) is 2.82. The van der Waals surface area contributed by atoms with Crippen LogP contribution in [0.1, 0.15) is 35.1 Å². The Morgan fingerprint density at radius 2 is 2.24 bits per heavy atom. The number of nitrogens with zero attached hydrogens (tertiary/aromatic N) is 3. The summed E-state index contributed by atoms with van der Waals surface area (Å²) in [6.07, 6.45) is 3.71. The molecule has 0 aliphatic heterocycles. The minimum absolute atomic E-state index is 0.0595. The Bertz CT molecular complexity index is 674. The third kappa shape index (κ3) is 2.54. The van der Waals surface area contributed by atoms with Crippen LogP contribution in [0.15, 0.2) is 24.4 Å². The number of rotatable bonds is 4. The third-order valence-electron chi connectivity index (χ3n) is 4.02. The highest BCUT2D eigenvalue weighted by atomic mass is 16.4. The molecule has 0 unspecified atom stereocenters. The molecule has 0 bridgehead atoms. The Labute approximate surface area is 122 Å². The fraction of sp³-hybridized carbons (Fsp3) is 0.400. The number of carboxylic acids is 1. The van der Waals surface area contributed by atoms with Crippen LogP contribution in [0.4, 0.5) is 0 Å². The quantitative estimate of drug-likeness (QED) is 0.894. The number of aryl methyl sites for hydroxylation is 1. The van der Waals surface area contributed by atoms with Gasteiger partial charge in [-0.25, -0.2) is 4.79 Å². The summed E-state index contributed by atoms with van der Waals surface area (Å²) in [7, 11) is 0. The summed E-state index contributed by atoms with van der Waals surface area (Å²) in [4.78, 5) is 15.8. The highest BCUT2D eigenvalue weighted by molar-refractivity contribution is 5.93. The molecule has 1 aliphatic carbocycles. The van der Waals surface area contributed by atoms with Crippen LogP contribution in [-0.4, -0.2) is 32.4 Å². The number of hydrogen-bond acceptors (Lipinski definition) is 4. The molecule has 1 fully saturated rings. The van der Waals surface area contributed by atoms with Gasteiger partial charge < -0.3 is 10.8 Å². The maximum atomic E-state index is 11.4. The van der Waals surface area contributed by atoms with E-state index in [1.165, 1.54) is 0 Å². The van der Waals surface area contributed by atoms with Crippen LogP contribution in [-0.2, 0) is 0 Å². The molecule has 0 saturated heterocycles. The van der Waals surface area contributed by atoms with Crippen molar-refractivity contribution in [3.8, 4) is 11.3 Å². The number of aromatic carboxylic acids is 1. The zero-order valence-corrected chi connectivity index (χ0v) is 11.9. The molecule has 2 aromatic rings. The second kappa shape index (κ2) is 5.29. The van der Waals surface area contributed by atoms with Crippen LogP contribution < -0.4 is 5.73 Å². The lowest BCUT2D eigenvalue weighted by Gasteiger charge is -2.34. The van der Waals surface area contributed by atoms with Crippen molar-refractivity contribution in [2.45, 2.75) is 25.8 Å². The lowest BCUT2D eigenvalue weighted by Crippen LogP contribution is -2.32. The van der Waals surface area contributed by atoms with E-state index >= 15 is 0 Å². The van der Waals surface area contributed by atoms with E-state index in [-0.39, 0.29) is 11.7 Å². The Morgan fingerprint density at radius 3 is 2.86 bits per heavy atom. The summed E-state index contributed by atoms with van der Waals surface area (Å²) in [5.74, 6) is -0.505. The Balaban J connectivity index is 1.96.